The summed E-state index contributed by atoms with van der Waals surface area (Å²) in [7, 11) is 0. The second kappa shape index (κ2) is 7.40. The van der Waals surface area contributed by atoms with E-state index in [2.05, 4.69) is 25.3 Å². The van der Waals surface area contributed by atoms with Crippen LogP contribution in [-0.4, -0.2) is 49.4 Å². The molecule has 1 aromatic carbocycles. The monoisotopic (exact) mass is 488 g/mol. The van der Waals surface area contributed by atoms with Crippen molar-refractivity contribution >= 4 is 11.7 Å². The van der Waals surface area contributed by atoms with Crippen molar-refractivity contribution in [3.63, 3.8) is 0 Å². The van der Waals surface area contributed by atoms with E-state index in [9.17, 15) is 26.7 Å². The van der Waals surface area contributed by atoms with Gasteiger partial charge in [0.05, 0.1) is 42.0 Å². The summed E-state index contributed by atoms with van der Waals surface area (Å²) in [6, 6.07) is 3.60. The molecule has 6 rings (SSSR count). The summed E-state index contributed by atoms with van der Waals surface area (Å²) in [6.07, 6.45) is 0.603. The molecule has 3 aromatic rings. The molecule has 0 radical (unpaired) electrons. The maximum atomic E-state index is 14.8. The van der Waals surface area contributed by atoms with E-state index in [1.807, 2.05) is 0 Å². The second-order valence-corrected chi connectivity index (χ2v) is 9.16. The Morgan fingerprint density at radius 1 is 1.03 bits per heavy atom. The van der Waals surface area contributed by atoms with Gasteiger partial charge in [-0.1, -0.05) is 6.07 Å². The first-order chi connectivity index (χ1) is 16.7. The van der Waals surface area contributed by atoms with Crippen LogP contribution in [0, 0.1) is 23.0 Å². The maximum Gasteiger partial charge on any atom is 0.434 e. The fraction of sp³-hybridized carbons (Fsp3) is 0.348. The Balaban J connectivity index is 1.27. The molecular formula is C23H17F5N6O. The summed E-state index contributed by atoms with van der Waals surface area (Å²) in [5.41, 5.74) is -1.18. The van der Waals surface area contributed by atoms with Gasteiger partial charge in [-0.05, 0) is 36.3 Å². The van der Waals surface area contributed by atoms with Crippen LogP contribution < -0.4 is 5.32 Å². The largest absolute Gasteiger partial charge is 0.434 e. The van der Waals surface area contributed by atoms with Crippen molar-refractivity contribution in [3.8, 4) is 11.4 Å². The Hall–Kier alpha value is -3.70. The molecule has 4 unspecified atom stereocenters. The van der Waals surface area contributed by atoms with E-state index in [0.29, 0.717) is 18.7 Å². The van der Waals surface area contributed by atoms with Crippen LogP contribution in [-0.2, 0) is 6.18 Å². The highest BCUT2D eigenvalue weighted by Crippen LogP contribution is 2.71. The van der Waals surface area contributed by atoms with Gasteiger partial charge in [-0.25, -0.2) is 28.7 Å². The summed E-state index contributed by atoms with van der Waals surface area (Å²) < 4.78 is 66.4. The summed E-state index contributed by atoms with van der Waals surface area (Å²) in [6.45, 7) is 0.487. The van der Waals surface area contributed by atoms with Crippen LogP contribution in [0.2, 0.25) is 0 Å². The molecule has 3 heterocycles. The van der Waals surface area contributed by atoms with Crippen LogP contribution in [0.15, 0.2) is 43.0 Å². The van der Waals surface area contributed by atoms with Crippen LogP contribution in [0.25, 0.3) is 11.4 Å². The van der Waals surface area contributed by atoms with E-state index >= 15 is 0 Å². The molecule has 12 heteroatoms. The minimum absolute atomic E-state index is 0.0491. The molecule has 1 N–H and O–H groups in total. The number of likely N-dealkylation sites (tertiary alicyclic amines) is 1. The smallest absolute Gasteiger partial charge is 0.364 e. The normalized spacial score (nSPS) is 26.5. The van der Waals surface area contributed by atoms with Gasteiger partial charge in [-0.15, -0.1) is 0 Å². The molecule has 2 saturated carbocycles. The number of anilines is 1. The molecule has 3 aliphatic rings. The number of amides is 1. The zero-order chi connectivity index (χ0) is 24.5. The lowest BCUT2D eigenvalue weighted by Crippen LogP contribution is -2.60. The van der Waals surface area contributed by atoms with Gasteiger partial charge in [0.15, 0.2) is 17.3 Å². The van der Waals surface area contributed by atoms with Crippen molar-refractivity contribution in [1.29, 1.82) is 0 Å². The third-order valence-electron chi connectivity index (χ3n) is 7.23. The average molecular weight is 488 g/mol. The van der Waals surface area contributed by atoms with Gasteiger partial charge in [0.2, 0.25) is 0 Å². The van der Waals surface area contributed by atoms with Crippen molar-refractivity contribution in [2.45, 2.75) is 31.1 Å². The van der Waals surface area contributed by atoms with Gasteiger partial charge in [0, 0.05) is 12.6 Å². The van der Waals surface area contributed by atoms with Gasteiger partial charge >= 0.3 is 6.18 Å². The average Bonchev–Trinajstić information content (AvgIpc) is 3.47. The molecule has 2 aliphatic carbocycles. The third-order valence-corrected chi connectivity index (χ3v) is 7.23. The molecule has 4 atom stereocenters. The SMILES string of the molecule is O=C(c1cccc(F)c1-c1ncc(F)cn1)N1CC2CC23CC(Nc2cnc(C(F)(F)F)cn2)C13. The summed E-state index contributed by atoms with van der Waals surface area (Å²) in [5.74, 6) is -1.41. The highest BCUT2D eigenvalue weighted by atomic mass is 19.4. The van der Waals surface area contributed by atoms with Gasteiger partial charge in [-0.3, -0.25) is 4.79 Å². The number of carbonyl (C=O) groups excluding carboxylic acids is 1. The molecule has 1 amide bonds. The zero-order valence-corrected chi connectivity index (χ0v) is 17.9. The van der Waals surface area contributed by atoms with Gasteiger partial charge in [0.1, 0.15) is 11.6 Å². The van der Waals surface area contributed by atoms with Gasteiger partial charge < -0.3 is 10.2 Å². The number of nitrogens with zero attached hydrogens (tertiary/aromatic N) is 5. The van der Waals surface area contributed by atoms with E-state index < -0.39 is 29.4 Å². The number of carbonyl (C=O) groups is 1. The Morgan fingerprint density at radius 3 is 2.49 bits per heavy atom. The van der Waals surface area contributed by atoms with Crippen molar-refractivity contribution in [3.05, 3.63) is 65.9 Å². The van der Waals surface area contributed by atoms with Crippen molar-refractivity contribution < 1.29 is 26.7 Å². The highest BCUT2D eigenvalue weighted by molar-refractivity contribution is 6.01. The lowest BCUT2D eigenvalue weighted by Gasteiger charge is -2.48. The molecule has 1 aliphatic heterocycles. The Kier molecular flexibility index (Phi) is 4.61. The number of rotatable bonds is 4. The van der Waals surface area contributed by atoms with E-state index in [0.717, 1.165) is 31.4 Å². The molecule has 0 bridgehead atoms. The van der Waals surface area contributed by atoms with Crippen molar-refractivity contribution in [2.24, 2.45) is 11.3 Å². The lowest BCUT2D eigenvalue weighted by molar-refractivity contribution is -0.141. The minimum Gasteiger partial charge on any atom is -0.364 e. The first kappa shape index (κ1) is 21.8. The summed E-state index contributed by atoms with van der Waals surface area (Å²) in [4.78, 5) is 30.2. The molecule has 1 spiro atoms. The Morgan fingerprint density at radius 2 is 1.80 bits per heavy atom. The van der Waals surface area contributed by atoms with Crippen molar-refractivity contribution in [1.82, 2.24) is 24.8 Å². The van der Waals surface area contributed by atoms with E-state index in [1.165, 1.54) is 18.2 Å². The predicted octanol–water partition coefficient (Wildman–Crippen LogP) is 3.95. The van der Waals surface area contributed by atoms with Crippen molar-refractivity contribution in [2.75, 3.05) is 11.9 Å². The fourth-order valence-electron chi connectivity index (χ4n) is 5.62. The highest BCUT2D eigenvalue weighted by Gasteiger charge is 2.75. The first-order valence-corrected chi connectivity index (χ1v) is 10.9. The Labute approximate surface area is 195 Å². The number of benzene rings is 1. The van der Waals surface area contributed by atoms with Crippen LogP contribution in [0.5, 0.6) is 0 Å². The maximum absolute atomic E-state index is 14.8. The number of piperidine rings is 1. The van der Waals surface area contributed by atoms with Gasteiger partial charge in [0.25, 0.3) is 5.91 Å². The van der Waals surface area contributed by atoms with E-state index in [1.54, 1.807) is 4.90 Å². The topological polar surface area (TPSA) is 83.9 Å². The molecule has 7 nitrogen and oxygen atoms in total. The number of aromatic nitrogens is 4. The van der Waals surface area contributed by atoms with Crippen LogP contribution >= 0.6 is 0 Å². The quantitative estimate of drug-likeness (QED) is 0.560. The minimum atomic E-state index is -4.58. The number of hydrogen-bond acceptors (Lipinski definition) is 6. The fourth-order valence-corrected chi connectivity index (χ4v) is 5.62. The van der Waals surface area contributed by atoms with Crippen LogP contribution in [0.3, 0.4) is 0 Å². The standard InChI is InChI=1S/C23H17F5N6O/c24-12-6-31-20(32-7-12)18-13(2-1-3-14(18)25)21(35)34-10-11-4-22(11)5-15(19(22)34)33-17-9-29-16(8-30-17)23(26,27)28/h1-3,6-9,11,15,19H,4-5,10H2,(H,30,33). The molecule has 3 fully saturated rings. The second-order valence-electron chi connectivity index (χ2n) is 9.16. The summed E-state index contributed by atoms with van der Waals surface area (Å²) >= 11 is 0. The molecule has 2 aromatic heterocycles. The van der Waals surface area contributed by atoms with E-state index in [-0.39, 0.29) is 40.3 Å². The molecule has 180 valence electrons. The lowest BCUT2D eigenvalue weighted by atomic mass is 9.71. The Bertz CT molecular complexity index is 1320. The first-order valence-electron chi connectivity index (χ1n) is 10.9. The summed E-state index contributed by atoms with van der Waals surface area (Å²) in [5, 5.41) is 3.11. The number of alkyl halides is 3. The predicted molar refractivity (Wildman–Crippen MR) is 112 cm³/mol. The number of halogens is 5. The third kappa shape index (κ3) is 3.41. The van der Waals surface area contributed by atoms with Crippen LogP contribution in [0.1, 0.15) is 28.9 Å². The molecule has 35 heavy (non-hydrogen) atoms. The van der Waals surface area contributed by atoms with Crippen LogP contribution in [0.4, 0.5) is 27.8 Å². The van der Waals surface area contributed by atoms with Gasteiger partial charge in [-0.2, -0.15) is 13.2 Å². The molecule has 1 saturated heterocycles. The number of nitrogens with one attached hydrogen (secondary N) is 1. The zero-order valence-electron chi connectivity index (χ0n) is 17.9. The molecular weight excluding hydrogens is 471 g/mol. The van der Waals surface area contributed by atoms with E-state index in [4.69, 9.17) is 0 Å². The number of hydrogen-bond donors (Lipinski definition) is 1.